The lowest BCUT2D eigenvalue weighted by molar-refractivity contribution is -0.145. The van der Waals surface area contributed by atoms with Crippen LogP contribution in [0.3, 0.4) is 0 Å². The van der Waals surface area contributed by atoms with Crippen molar-refractivity contribution in [2.24, 2.45) is 28.9 Å². The highest BCUT2D eigenvalue weighted by Crippen LogP contribution is 2.60. The fourth-order valence-electron chi connectivity index (χ4n) is 8.04. The second kappa shape index (κ2) is 9.59. The number of primary amides is 1. The Bertz CT molecular complexity index is 1230. The summed E-state index contributed by atoms with van der Waals surface area (Å²) in [5, 5.41) is 4.87. The van der Waals surface area contributed by atoms with E-state index in [2.05, 4.69) is 27.2 Å². The molecule has 0 radical (unpaired) electrons. The van der Waals surface area contributed by atoms with Gasteiger partial charge in [-0.1, -0.05) is 12.1 Å². The average molecular weight is 533 g/mol. The number of nitrogens with zero attached hydrogens (tertiary/aromatic N) is 4. The molecule has 1 aromatic heterocycles. The second-order valence-corrected chi connectivity index (χ2v) is 11.9. The number of anilines is 4. The van der Waals surface area contributed by atoms with Gasteiger partial charge < -0.3 is 30.4 Å². The number of nitrogens with one attached hydrogen (secondary N) is 1. The van der Waals surface area contributed by atoms with Crippen molar-refractivity contribution in [1.29, 1.82) is 0 Å². The fourth-order valence-corrected chi connectivity index (χ4v) is 8.04. The van der Waals surface area contributed by atoms with Gasteiger partial charge in [0.1, 0.15) is 5.82 Å². The van der Waals surface area contributed by atoms with Gasteiger partial charge in [0.25, 0.3) is 0 Å². The Morgan fingerprint density at radius 1 is 0.974 bits per heavy atom. The smallest absolute Gasteiger partial charge is 0.378 e. The van der Waals surface area contributed by atoms with Crippen molar-refractivity contribution in [2.75, 3.05) is 54.3 Å². The molecule has 3 heterocycles. The van der Waals surface area contributed by atoms with Crippen molar-refractivity contribution >= 4 is 34.9 Å². The molecule has 2 aliphatic heterocycles. The van der Waals surface area contributed by atoms with E-state index in [4.69, 9.17) is 20.3 Å². The fraction of sp³-hybridized carbons (Fsp3) is 0.552. The molecular weight excluding hydrogens is 496 g/mol. The molecule has 1 aromatic carbocycles. The van der Waals surface area contributed by atoms with Crippen LogP contribution in [0.5, 0.6) is 0 Å². The van der Waals surface area contributed by atoms with Crippen LogP contribution < -0.4 is 25.9 Å². The minimum atomic E-state index is -0.433. The Balaban J connectivity index is 1.03. The standard InChI is InChI=1S/C29H36N6O4/c30-27(36)29-15-19-13-20(16-29)26(21(14-19)17-29)32-28(37)39-35-8-7-34(23-3-1-2-4-24(23)35)25-6-5-22(18-31-25)33-9-11-38-12-10-33/h1-6,18-21,26H,7-17H2,(H2,30,36)(H,32,37)/t19?,20-,21+,26?,29?. The monoisotopic (exact) mass is 532 g/mol. The van der Waals surface area contributed by atoms with Gasteiger partial charge in [-0.2, -0.15) is 0 Å². The van der Waals surface area contributed by atoms with E-state index < -0.39 is 6.09 Å². The van der Waals surface area contributed by atoms with Gasteiger partial charge in [-0.15, -0.1) is 0 Å². The molecular formula is C29H36N6O4. The number of morpholine rings is 1. The number of hydrogen-bond donors (Lipinski definition) is 2. The lowest BCUT2D eigenvalue weighted by atomic mass is 9.47. The quantitative estimate of drug-likeness (QED) is 0.604. The molecule has 5 fully saturated rings. The first-order chi connectivity index (χ1) is 19.0. The highest BCUT2D eigenvalue weighted by molar-refractivity contribution is 5.82. The SMILES string of the molecule is NC(=O)C12CC3C[C@H](C1)C(NC(=O)ON1CCN(c4ccc(N5CCOCC5)cn4)c4ccccc41)[C@@H](C3)C2. The van der Waals surface area contributed by atoms with Crippen LogP contribution in [0.4, 0.5) is 27.7 Å². The first kappa shape index (κ1) is 24.5. The van der Waals surface area contributed by atoms with E-state index in [9.17, 15) is 9.59 Å². The Kier molecular flexibility index (Phi) is 6.02. The number of fused-ring (bicyclic) bond motifs is 1. The van der Waals surface area contributed by atoms with Crippen molar-refractivity contribution in [3.63, 3.8) is 0 Å². The molecule has 10 nitrogen and oxygen atoms in total. The van der Waals surface area contributed by atoms with Gasteiger partial charge in [0.15, 0.2) is 0 Å². The third-order valence-corrected chi connectivity index (χ3v) is 9.63. The van der Waals surface area contributed by atoms with Gasteiger partial charge >= 0.3 is 6.09 Å². The van der Waals surface area contributed by atoms with E-state index in [1.807, 2.05) is 30.5 Å². The number of para-hydroxylation sites is 2. The summed E-state index contributed by atoms with van der Waals surface area (Å²) < 4.78 is 5.46. The molecule has 2 aromatic rings. The largest absolute Gasteiger partial charge is 0.431 e. The number of hydroxylamine groups is 1. The van der Waals surface area contributed by atoms with Gasteiger partial charge in [0, 0.05) is 31.1 Å². The molecule has 1 saturated heterocycles. The first-order valence-corrected chi connectivity index (χ1v) is 14.2. The molecule has 206 valence electrons. The van der Waals surface area contributed by atoms with Gasteiger partial charge in [-0.3, -0.25) is 4.79 Å². The maximum Gasteiger partial charge on any atom is 0.431 e. The summed E-state index contributed by atoms with van der Waals surface area (Å²) in [7, 11) is 0. The molecule has 4 aliphatic carbocycles. The molecule has 8 rings (SSSR count). The van der Waals surface area contributed by atoms with Crippen LogP contribution in [-0.2, 0) is 14.4 Å². The predicted molar refractivity (Wildman–Crippen MR) is 147 cm³/mol. The van der Waals surface area contributed by atoms with Gasteiger partial charge in [0.05, 0.1) is 43.0 Å². The summed E-state index contributed by atoms with van der Waals surface area (Å²) in [6.45, 7) is 4.37. The summed E-state index contributed by atoms with van der Waals surface area (Å²) >= 11 is 0. The maximum atomic E-state index is 13.2. The molecule has 4 bridgehead atoms. The normalized spacial score (nSPS) is 31.1. The van der Waals surface area contributed by atoms with E-state index in [0.29, 0.717) is 19.0 Å². The van der Waals surface area contributed by atoms with Crippen molar-refractivity contribution in [2.45, 2.75) is 38.1 Å². The lowest BCUT2D eigenvalue weighted by Gasteiger charge is -2.58. The number of ether oxygens (including phenoxy) is 1. The number of benzene rings is 1. The van der Waals surface area contributed by atoms with Crippen LogP contribution in [0.2, 0.25) is 0 Å². The Labute approximate surface area is 228 Å². The van der Waals surface area contributed by atoms with Crippen LogP contribution >= 0.6 is 0 Å². The van der Waals surface area contributed by atoms with Crippen LogP contribution in [-0.4, -0.2) is 62.4 Å². The zero-order valence-electron chi connectivity index (χ0n) is 22.1. The molecule has 2 amide bonds. The predicted octanol–water partition coefficient (Wildman–Crippen LogP) is 3.20. The van der Waals surface area contributed by atoms with Crippen LogP contribution in [0.15, 0.2) is 42.6 Å². The molecule has 3 unspecified atom stereocenters. The maximum absolute atomic E-state index is 13.2. The number of pyridine rings is 1. The minimum absolute atomic E-state index is 0.0345. The highest BCUT2D eigenvalue weighted by Gasteiger charge is 2.58. The number of hydrogen-bond acceptors (Lipinski definition) is 8. The van der Waals surface area contributed by atoms with Crippen molar-refractivity contribution in [3.05, 3.63) is 42.6 Å². The first-order valence-electron chi connectivity index (χ1n) is 14.2. The van der Waals surface area contributed by atoms with E-state index in [0.717, 1.165) is 81.3 Å². The van der Waals surface area contributed by atoms with Crippen molar-refractivity contribution in [3.8, 4) is 0 Å². The number of amides is 2. The summed E-state index contributed by atoms with van der Waals surface area (Å²) in [6.07, 6.45) is 6.06. The van der Waals surface area contributed by atoms with Crippen LogP contribution in [0.25, 0.3) is 0 Å². The molecule has 39 heavy (non-hydrogen) atoms. The van der Waals surface area contributed by atoms with Crippen molar-refractivity contribution in [1.82, 2.24) is 10.3 Å². The summed E-state index contributed by atoms with van der Waals surface area (Å²) in [5.41, 5.74) is 8.33. The third-order valence-electron chi connectivity index (χ3n) is 9.63. The Morgan fingerprint density at radius 2 is 1.72 bits per heavy atom. The second-order valence-electron chi connectivity index (χ2n) is 11.9. The van der Waals surface area contributed by atoms with Gasteiger partial charge in [0.2, 0.25) is 5.91 Å². The Hall–Kier alpha value is -3.53. The summed E-state index contributed by atoms with van der Waals surface area (Å²) in [5.74, 6) is 1.81. The van der Waals surface area contributed by atoms with E-state index in [1.165, 1.54) is 0 Å². The van der Waals surface area contributed by atoms with Gasteiger partial charge in [-0.25, -0.2) is 14.8 Å². The number of rotatable bonds is 5. The number of carbonyl (C=O) groups excluding carboxylic acids is 2. The van der Waals surface area contributed by atoms with E-state index in [-0.39, 0.29) is 29.2 Å². The molecule has 6 aliphatic rings. The summed E-state index contributed by atoms with van der Waals surface area (Å²) in [6, 6.07) is 12.1. The zero-order valence-corrected chi connectivity index (χ0v) is 22.1. The third kappa shape index (κ3) is 4.34. The van der Waals surface area contributed by atoms with E-state index >= 15 is 0 Å². The average Bonchev–Trinajstić information content (AvgIpc) is 2.95. The minimum Gasteiger partial charge on any atom is -0.378 e. The highest BCUT2D eigenvalue weighted by atomic mass is 16.7. The Morgan fingerprint density at radius 3 is 2.41 bits per heavy atom. The molecule has 5 atom stereocenters. The molecule has 10 heteroatoms. The molecule has 4 saturated carbocycles. The zero-order chi connectivity index (χ0) is 26.6. The molecule has 0 spiro atoms. The van der Waals surface area contributed by atoms with E-state index in [1.54, 1.807) is 5.06 Å². The van der Waals surface area contributed by atoms with Crippen molar-refractivity contribution < 1.29 is 19.2 Å². The topological polar surface area (TPSA) is 113 Å². The number of nitrogens with two attached hydrogens (primary N) is 1. The number of aromatic nitrogens is 1. The van der Waals surface area contributed by atoms with Crippen LogP contribution in [0, 0.1) is 23.2 Å². The number of carbonyl (C=O) groups is 2. The summed E-state index contributed by atoms with van der Waals surface area (Å²) in [4.78, 5) is 40.6. The lowest BCUT2D eigenvalue weighted by Crippen LogP contribution is -2.62. The van der Waals surface area contributed by atoms with Gasteiger partial charge in [-0.05, 0) is 74.1 Å². The van der Waals surface area contributed by atoms with Crippen LogP contribution in [0.1, 0.15) is 32.1 Å². The molecule has 3 N–H and O–H groups in total.